The Morgan fingerprint density at radius 3 is 2.61 bits per heavy atom. The predicted molar refractivity (Wildman–Crippen MR) is 68.5 cm³/mol. The van der Waals surface area contributed by atoms with E-state index in [1.165, 1.54) is 16.9 Å². The minimum atomic E-state index is -3.63. The molecule has 1 unspecified atom stereocenters. The number of sulfonamides is 1. The van der Waals surface area contributed by atoms with Crippen molar-refractivity contribution in [3.05, 3.63) is 12.3 Å². The summed E-state index contributed by atoms with van der Waals surface area (Å²) < 4.78 is 27.6. The number of aromatic nitrogens is 2. The molecule has 0 bridgehead atoms. The summed E-state index contributed by atoms with van der Waals surface area (Å²) in [4.78, 5) is 0. The molecule has 0 aliphatic rings. The lowest BCUT2D eigenvalue weighted by molar-refractivity contribution is 0.0436. The van der Waals surface area contributed by atoms with E-state index < -0.39 is 15.6 Å². The molecule has 1 heterocycles. The molecule has 1 rings (SSSR count). The van der Waals surface area contributed by atoms with Gasteiger partial charge in [0, 0.05) is 13.6 Å². The van der Waals surface area contributed by atoms with Crippen LogP contribution in [-0.4, -0.2) is 35.5 Å². The topological polar surface area (TPSA) is 84.2 Å². The molecular weight excluding hydrogens is 254 g/mol. The van der Waals surface area contributed by atoms with Gasteiger partial charge in [0.2, 0.25) is 0 Å². The van der Waals surface area contributed by atoms with E-state index in [1.807, 2.05) is 13.8 Å². The Kier molecular flexibility index (Phi) is 4.52. The van der Waals surface area contributed by atoms with Gasteiger partial charge in [-0.2, -0.15) is 5.10 Å². The average molecular weight is 275 g/mol. The Hall–Kier alpha value is -0.920. The number of nitrogens with one attached hydrogen (secondary N) is 1. The second-order valence-electron chi connectivity index (χ2n) is 5.21. The van der Waals surface area contributed by atoms with Gasteiger partial charge in [-0.1, -0.05) is 13.8 Å². The molecule has 0 aliphatic heterocycles. The zero-order valence-corrected chi connectivity index (χ0v) is 12.0. The summed E-state index contributed by atoms with van der Waals surface area (Å²) >= 11 is 0. The highest BCUT2D eigenvalue weighted by Crippen LogP contribution is 2.16. The smallest absolute Gasteiger partial charge is 0.257 e. The maximum atomic E-state index is 12.0. The maximum absolute atomic E-state index is 12.0. The first-order valence-electron chi connectivity index (χ1n) is 5.84. The zero-order valence-electron chi connectivity index (χ0n) is 11.2. The van der Waals surface area contributed by atoms with Crippen LogP contribution in [0.15, 0.2) is 17.3 Å². The highest BCUT2D eigenvalue weighted by Gasteiger charge is 2.26. The Morgan fingerprint density at radius 2 is 2.17 bits per heavy atom. The van der Waals surface area contributed by atoms with E-state index in [2.05, 4.69) is 9.82 Å². The van der Waals surface area contributed by atoms with Gasteiger partial charge in [-0.15, -0.1) is 0 Å². The predicted octanol–water partition coefficient (Wildman–Crippen LogP) is 0.496. The minimum Gasteiger partial charge on any atom is -0.389 e. The molecule has 2 N–H and O–H groups in total. The Morgan fingerprint density at radius 1 is 1.56 bits per heavy atom. The van der Waals surface area contributed by atoms with E-state index in [-0.39, 0.29) is 11.6 Å². The van der Waals surface area contributed by atoms with Gasteiger partial charge in [0.05, 0.1) is 11.8 Å². The van der Waals surface area contributed by atoms with Crippen LogP contribution in [0.25, 0.3) is 0 Å². The second kappa shape index (κ2) is 5.38. The molecule has 1 atom stereocenters. The quantitative estimate of drug-likeness (QED) is 0.791. The molecule has 0 spiro atoms. The third kappa shape index (κ3) is 4.08. The normalized spacial score (nSPS) is 15.9. The van der Waals surface area contributed by atoms with E-state index in [0.29, 0.717) is 12.3 Å². The minimum absolute atomic E-state index is 0.0152. The van der Waals surface area contributed by atoms with Crippen LogP contribution < -0.4 is 4.72 Å². The van der Waals surface area contributed by atoms with Crippen LogP contribution in [0, 0.1) is 5.92 Å². The van der Waals surface area contributed by atoms with Crippen LogP contribution in [0.5, 0.6) is 0 Å². The van der Waals surface area contributed by atoms with E-state index in [0.717, 1.165) is 0 Å². The number of aryl methyl sites for hydroxylation is 1. The molecule has 0 aromatic carbocycles. The standard InChI is InChI=1S/C11H21N3O3S/c1-9(2)7-11(3,15)8-13-18(16,17)10-5-6-12-14(10)4/h5-6,9,13,15H,7-8H2,1-4H3. The van der Waals surface area contributed by atoms with Crippen molar-refractivity contribution in [1.29, 1.82) is 0 Å². The molecule has 1 aromatic rings. The molecular formula is C11H21N3O3S. The first-order valence-corrected chi connectivity index (χ1v) is 7.32. The summed E-state index contributed by atoms with van der Waals surface area (Å²) in [5.41, 5.74) is -1.06. The van der Waals surface area contributed by atoms with Crippen molar-refractivity contribution in [3.63, 3.8) is 0 Å². The Bertz CT molecular complexity index is 491. The number of hydrogen-bond donors (Lipinski definition) is 2. The van der Waals surface area contributed by atoms with Crippen LogP contribution in [0.2, 0.25) is 0 Å². The van der Waals surface area contributed by atoms with Gasteiger partial charge in [0.25, 0.3) is 10.0 Å². The van der Waals surface area contributed by atoms with Crippen molar-refractivity contribution in [1.82, 2.24) is 14.5 Å². The number of hydrogen-bond acceptors (Lipinski definition) is 4. The van der Waals surface area contributed by atoms with Crippen LogP contribution in [0.4, 0.5) is 0 Å². The summed E-state index contributed by atoms with van der Waals surface area (Å²) in [5, 5.41) is 14.0. The highest BCUT2D eigenvalue weighted by molar-refractivity contribution is 7.89. The molecule has 0 saturated heterocycles. The summed E-state index contributed by atoms with van der Waals surface area (Å²) in [7, 11) is -2.07. The van der Waals surface area contributed by atoms with Crippen LogP contribution >= 0.6 is 0 Å². The van der Waals surface area contributed by atoms with Crippen molar-refractivity contribution >= 4 is 10.0 Å². The molecule has 7 heteroatoms. The number of aliphatic hydroxyl groups is 1. The van der Waals surface area contributed by atoms with E-state index >= 15 is 0 Å². The fourth-order valence-electron chi connectivity index (χ4n) is 1.90. The van der Waals surface area contributed by atoms with Crippen molar-refractivity contribution in [2.75, 3.05) is 6.54 Å². The van der Waals surface area contributed by atoms with Gasteiger partial charge >= 0.3 is 0 Å². The molecule has 104 valence electrons. The summed E-state index contributed by atoms with van der Waals surface area (Å²) in [5.74, 6) is 0.293. The van der Waals surface area contributed by atoms with Gasteiger partial charge in [0.15, 0.2) is 5.03 Å². The Labute approximate surface area is 108 Å². The molecule has 18 heavy (non-hydrogen) atoms. The third-order valence-electron chi connectivity index (χ3n) is 2.54. The largest absolute Gasteiger partial charge is 0.389 e. The molecule has 0 aliphatic carbocycles. The Balaban J connectivity index is 2.72. The fraction of sp³-hybridized carbons (Fsp3) is 0.727. The lowest BCUT2D eigenvalue weighted by atomic mass is 9.95. The highest BCUT2D eigenvalue weighted by atomic mass is 32.2. The molecule has 1 aromatic heterocycles. The molecule has 0 amide bonds. The van der Waals surface area contributed by atoms with Crippen molar-refractivity contribution < 1.29 is 13.5 Å². The summed E-state index contributed by atoms with van der Waals surface area (Å²) in [6, 6.07) is 1.42. The zero-order chi connectivity index (χ0) is 14.0. The SMILES string of the molecule is CC(C)CC(C)(O)CNS(=O)(=O)c1ccnn1C. The summed E-state index contributed by atoms with van der Waals surface area (Å²) in [6.45, 7) is 5.56. The van der Waals surface area contributed by atoms with E-state index in [1.54, 1.807) is 14.0 Å². The molecule has 0 fully saturated rings. The van der Waals surface area contributed by atoms with Crippen LogP contribution in [0.1, 0.15) is 27.2 Å². The lowest BCUT2D eigenvalue weighted by Gasteiger charge is -2.25. The lowest BCUT2D eigenvalue weighted by Crippen LogP contribution is -2.41. The monoisotopic (exact) mass is 275 g/mol. The van der Waals surface area contributed by atoms with Gasteiger partial charge < -0.3 is 5.11 Å². The van der Waals surface area contributed by atoms with Gasteiger partial charge in [-0.05, 0) is 25.3 Å². The summed E-state index contributed by atoms with van der Waals surface area (Å²) in [6.07, 6.45) is 1.95. The average Bonchev–Trinajstić information content (AvgIpc) is 2.61. The molecule has 0 saturated carbocycles. The third-order valence-corrected chi connectivity index (χ3v) is 4.02. The number of rotatable bonds is 6. The van der Waals surface area contributed by atoms with Crippen LogP contribution in [0.3, 0.4) is 0 Å². The van der Waals surface area contributed by atoms with Crippen molar-refractivity contribution in [3.8, 4) is 0 Å². The van der Waals surface area contributed by atoms with Gasteiger partial charge in [0.1, 0.15) is 0 Å². The van der Waals surface area contributed by atoms with Crippen molar-refractivity contribution in [2.45, 2.75) is 37.8 Å². The fourth-order valence-corrected chi connectivity index (χ4v) is 3.19. The van der Waals surface area contributed by atoms with E-state index in [4.69, 9.17) is 0 Å². The van der Waals surface area contributed by atoms with E-state index in [9.17, 15) is 13.5 Å². The number of nitrogens with zero attached hydrogens (tertiary/aromatic N) is 2. The van der Waals surface area contributed by atoms with Gasteiger partial charge in [-0.25, -0.2) is 13.1 Å². The molecule has 6 nitrogen and oxygen atoms in total. The first kappa shape index (κ1) is 15.1. The molecule has 0 radical (unpaired) electrons. The van der Waals surface area contributed by atoms with Crippen molar-refractivity contribution in [2.24, 2.45) is 13.0 Å². The maximum Gasteiger partial charge on any atom is 0.257 e. The second-order valence-corrected chi connectivity index (χ2v) is 6.93. The van der Waals surface area contributed by atoms with Crippen LogP contribution in [-0.2, 0) is 17.1 Å². The first-order chi connectivity index (χ1) is 8.14. The van der Waals surface area contributed by atoms with Gasteiger partial charge in [-0.3, -0.25) is 4.68 Å².